The van der Waals surface area contributed by atoms with Crippen LogP contribution in [-0.4, -0.2) is 21.4 Å². The molecule has 3 rings (SSSR count). The van der Waals surface area contributed by atoms with Gasteiger partial charge in [-0.05, 0) is 17.5 Å². The number of carbonyl (C=O) groups is 1. The number of benzene rings is 2. The molecule has 0 aliphatic rings. The number of aromatic amines is 1. The monoisotopic (exact) mass is 238 g/mol. The highest BCUT2D eigenvalue weighted by Crippen LogP contribution is 2.32. The van der Waals surface area contributed by atoms with E-state index < -0.39 is 0 Å². The van der Waals surface area contributed by atoms with E-state index >= 15 is 0 Å². The second-order valence-electron chi connectivity index (χ2n) is 3.98. The number of imidazole rings is 1. The van der Waals surface area contributed by atoms with Crippen molar-refractivity contribution in [2.75, 3.05) is 0 Å². The highest BCUT2D eigenvalue weighted by molar-refractivity contribution is 5.98. The summed E-state index contributed by atoms with van der Waals surface area (Å²) < 4.78 is 0. The number of aldehydes is 1. The van der Waals surface area contributed by atoms with Crippen LogP contribution in [0.5, 0.6) is 5.75 Å². The van der Waals surface area contributed by atoms with E-state index in [1.54, 1.807) is 12.1 Å². The molecule has 0 bridgehead atoms. The van der Waals surface area contributed by atoms with Gasteiger partial charge in [0.05, 0.1) is 11.9 Å². The average molecular weight is 238 g/mol. The molecule has 2 N–H and O–H groups in total. The summed E-state index contributed by atoms with van der Waals surface area (Å²) in [5.74, 6) is 0.852. The first-order valence-corrected chi connectivity index (χ1v) is 5.51. The molecular weight excluding hydrogens is 228 g/mol. The molecule has 0 fully saturated rings. The van der Waals surface area contributed by atoms with Gasteiger partial charge in [0.25, 0.3) is 0 Å². The lowest BCUT2D eigenvalue weighted by atomic mass is 10.0. The molecule has 0 aliphatic heterocycles. The van der Waals surface area contributed by atoms with E-state index in [2.05, 4.69) is 9.97 Å². The summed E-state index contributed by atoms with van der Waals surface area (Å²) in [6.07, 6.45) is 2.21. The van der Waals surface area contributed by atoms with E-state index in [1.165, 1.54) is 6.20 Å². The zero-order valence-corrected chi connectivity index (χ0v) is 9.42. The number of carbonyl (C=O) groups excluding carboxylic acids is 1. The van der Waals surface area contributed by atoms with Crippen molar-refractivity contribution >= 4 is 17.1 Å². The number of aromatic hydroxyl groups is 1. The Kier molecular flexibility index (Phi) is 2.34. The van der Waals surface area contributed by atoms with E-state index in [9.17, 15) is 9.90 Å². The van der Waals surface area contributed by atoms with E-state index in [4.69, 9.17) is 0 Å². The van der Waals surface area contributed by atoms with Crippen molar-refractivity contribution in [3.63, 3.8) is 0 Å². The predicted octanol–water partition coefficient (Wildman–Crippen LogP) is 2.75. The number of aromatic nitrogens is 2. The second-order valence-corrected chi connectivity index (χ2v) is 3.98. The third kappa shape index (κ3) is 1.55. The molecule has 1 aromatic heterocycles. The van der Waals surface area contributed by atoms with E-state index in [1.807, 2.05) is 24.3 Å². The minimum atomic E-state index is 0.233. The first-order chi connectivity index (χ1) is 8.79. The first kappa shape index (κ1) is 10.5. The molecule has 3 aromatic rings. The third-order valence-electron chi connectivity index (χ3n) is 2.88. The highest BCUT2D eigenvalue weighted by atomic mass is 16.3. The lowest BCUT2D eigenvalue weighted by Gasteiger charge is -2.05. The van der Waals surface area contributed by atoms with Gasteiger partial charge in [-0.2, -0.15) is 0 Å². The second kappa shape index (κ2) is 4.00. The van der Waals surface area contributed by atoms with Gasteiger partial charge >= 0.3 is 0 Å². The standard InChI is InChI=1S/C14H10N2O2/c17-8-9-7-15-14(16-9)12-5-6-13(18)11-4-2-1-3-10(11)12/h1-8,18H,(H,15,16). The quantitative estimate of drug-likeness (QED) is 0.674. The number of hydrogen-bond acceptors (Lipinski definition) is 3. The molecule has 0 saturated heterocycles. The Balaban J connectivity index is 2.29. The fraction of sp³-hybridized carbons (Fsp3) is 0. The molecule has 18 heavy (non-hydrogen) atoms. The molecule has 0 amide bonds. The van der Waals surface area contributed by atoms with Crippen LogP contribution in [0.15, 0.2) is 42.6 Å². The average Bonchev–Trinajstić information content (AvgIpc) is 2.88. The minimum absolute atomic E-state index is 0.233. The summed E-state index contributed by atoms with van der Waals surface area (Å²) in [5.41, 5.74) is 1.29. The summed E-state index contributed by atoms with van der Waals surface area (Å²) in [7, 11) is 0. The van der Waals surface area contributed by atoms with Gasteiger partial charge in [0, 0.05) is 10.9 Å². The Morgan fingerprint density at radius 1 is 1.11 bits per heavy atom. The van der Waals surface area contributed by atoms with Crippen molar-refractivity contribution in [2.45, 2.75) is 0 Å². The van der Waals surface area contributed by atoms with Gasteiger partial charge in [0.1, 0.15) is 11.6 Å². The van der Waals surface area contributed by atoms with Crippen molar-refractivity contribution in [3.05, 3.63) is 48.3 Å². The molecular formula is C14H10N2O2. The van der Waals surface area contributed by atoms with Gasteiger partial charge < -0.3 is 10.1 Å². The largest absolute Gasteiger partial charge is 0.507 e. The summed E-state index contributed by atoms with van der Waals surface area (Å²) in [4.78, 5) is 17.8. The number of rotatable bonds is 2. The lowest BCUT2D eigenvalue weighted by molar-refractivity contribution is 0.111. The number of fused-ring (bicyclic) bond motifs is 1. The molecule has 0 unspecified atom stereocenters. The predicted molar refractivity (Wildman–Crippen MR) is 68.6 cm³/mol. The van der Waals surface area contributed by atoms with Gasteiger partial charge in [-0.15, -0.1) is 0 Å². The maximum Gasteiger partial charge on any atom is 0.167 e. The molecule has 0 radical (unpaired) electrons. The van der Waals surface area contributed by atoms with Gasteiger partial charge in [0.2, 0.25) is 0 Å². The Morgan fingerprint density at radius 3 is 2.61 bits per heavy atom. The summed E-state index contributed by atoms with van der Waals surface area (Å²) >= 11 is 0. The van der Waals surface area contributed by atoms with Crippen molar-refractivity contribution < 1.29 is 9.90 Å². The molecule has 88 valence electrons. The Labute approximate surface area is 103 Å². The molecule has 4 nitrogen and oxygen atoms in total. The number of phenolic OH excluding ortho intramolecular Hbond substituents is 1. The highest BCUT2D eigenvalue weighted by Gasteiger charge is 2.09. The van der Waals surface area contributed by atoms with Crippen molar-refractivity contribution in [3.8, 4) is 17.1 Å². The van der Waals surface area contributed by atoms with Crippen molar-refractivity contribution in [1.82, 2.24) is 9.97 Å². The maximum absolute atomic E-state index is 10.7. The van der Waals surface area contributed by atoms with Gasteiger partial charge in [-0.25, -0.2) is 4.98 Å². The Bertz CT molecular complexity index is 731. The Morgan fingerprint density at radius 2 is 1.89 bits per heavy atom. The Hall–Kier alpha value is -2.62. The lowest BCUT2D eigenvalue weighted by Crippen LogP contribution is -1.85. The molecule has 4 heteroatoms. The van der Waals surface area contributed by atoms with Crippen LogP contribution in [0.1, 0.15) is 10.5 Å². The number of H-pyrrole nitrogens is 1. The molecule has 0 aliphatic carbocycles. The van der Waals surface area contributed by atoms with Gasteiger partial charge in [-0.1, -0.05) is 24.3 Å². The number of nitrogens with zero attached hydrogens (tertiary/aromatic N) is 1. The van der Waals surface area contributed by atoms with E-state index in [0.29, 0.717) is 11.5 Å². The van der Waals surface area contributed by atoms with Crippen LogP contribution in [0.25, 0.3) is 22.2 Å². The topological polar surface area (TPSA) is 66.0 Å². The fourth-order valence-electron chi connectivity index (χ4n) is 2.02. The minimum Gasteiger partial charge on any atom is -0.507 e. The molecule has 1 heterocycles. The number of phenols is 1. The number of nitrogens with one attached hydrogen (secondary N) is 1. The van der Waals surface area contributed by atoms with Crippen LogP contribution in [0.2, 0.25) is 0 Å². The van der Waals surface area contributed by atoms with E-state index in [0.717, 1.165) is 22.6 Å². The zero-order chi connectivity index (χ0) is 12.5. The van der Waals surface area contributed by atoms with Crippen LogP contribution >= 0.6 is 0 Å². The number of hydrogen-bond donors (Lipinski definition) is 2. The van der Waals surface area contributed by atoms with Gasteiger partial charge in [-0.3, -0.25) is 4.79 Å². The normalized spacial score (nSPS) is 10.7. The zero-order valence-electron chi connectivity index (χ0n) is 9.42. The van der Waals surface area contributed by atoms with Crippen LogP contribution in [0, 0.1) is 0 Å². The van der Waals surface area contributed by atoms with Crippen molar-refractivity contribution in [1.29, 1.82) is 0 Å². The van der Waals surface area contributed by atoms with Crippen LogP contribution in [0.3, 0.4) is 0 Å². The van der Waals surface area contributed by atoms with E-state index in [-0.39, 0.29) is 5.75 Å². The van der Waals surface area contributed by atoms with Crippen LogP contribution in [0.4, 0.5) is 0 Å². The summed E-state index contributed by atoms with van der Waals surface area (Å²) in [5, 5.41) is 11.5. The first-order valence-electron chi connectivity index (χ1n) is 5.51. The fourth-order valence-corrected chi connectivity index (χ4v) is 2.02. The van der Waals surface area contributed by atoms with Crippen LogP contribution in [-0.2, 0) is 0 Å². The van der Waals surface area contributed by atoms with Crippen molar-refractivity contribution in [2.24, 2.45) is 0 Å². The SMILES string of the molecule is O=Cc1cnc(-c2ccc(O)c3ccccc23)[nH]1. The smallest absolute Gasteiger partial charge is 0.167 e. The third-order valence-corrected chi connectivity index (χ3v) is 2.88. The molecule has 0 saturated carbocycles. The summed E-state index contributed by atoms with van der Waals surface area (Å²) in [6, 6.07) is 10.9. The molecule has 2 aromatic carbocycles. The van der Waals surface area contributed by atoms with Gasteiger partial charge in [0.15, 0.2) is 6.29 Å². The van der Waals surface area contributed by atoms with Crippen LogP contribution < -0.4 is 0 Å². The molecule has 0 atom stereocenters. The maximum atomic E-state index is 10.7. The summed E-state index contributed by atoms with van der Waals surface area (Å²) in [6.45, 7) is 0. The molecule has 0 spiro atoms.